The van der Waals surface area contributed by atoms with Crippen LogP contribution in [0.5, 0.6) is 0 Å². The van der Waals surface area contributed by atoms with Gasteiger partial charge < -0.3 is 4.74 Å². The summed E-state index contributed by atoms with van der Waals surface area (Å²) in [6.45, 7) is 3.48. The number of rotatable bonds is 5. The first kappa shape index (κ1) is 15.2. The molecule has 1 fully saturated rings. The van der Waals surface area contributed by atoms with Crippen molar-refractivity contribution in [3.05, 3.63) is 24.4 Å². The van der Waals surface area contributed by atoms with Crippen molar-refractivity contribution in [2.75, 3.05) is 32.2 Å². The third-order valence-corrected chi connectivity index (χ3v) is 3.55. The van der Waals surface area contributed by atoms with Crippen molar-refractivity contribution in [3.8, 4) is 0 Å². The van der Waals surface area contributed by atoms with Gasteiger partial charge in [0.2, 0.25) is 0 Å². The highest BCUT2D eigenvalue weighted by Gasteiger charge is 2.36. The Kier molecular flexibility index (Phi) is 5.10. The lowest BCUT2D eigenvalue weighted by molar-refractivity contribution is -0.146. The summed E-state index contributed by atoms with van der Waals surface area (Å²) >= 11 is 0. The summed E-state index contributed by atoms with van der Waals surface area (Å²) in [5.74, 6) is 0.226. The van der Waals surface area contributed by atoms with Crippen LogP contribution in [0.2, 0.25) is 0 Å². The van der Waals surface area contributed by atoms with E-state index in [0.717, 1.165) is 0 Å². The molecule has 1 aromatic rings. The maximum atomic E-state index is 11.9. The van der Waals surface area contributed by atoms with Crippen molar-refractivity contribution >= 4 is 17.7 Å². The molecule has 1 amide bonds. The second-order valence-electron chi connectivity index (χ2n) is 5.19. The van der Waals surface area contributed by atoms with Crippen molar-refractivity contribution in [2.45, 2.75) is 6.92 Å². The average molecular weight is 292 g/mol. The van der Waals surface area contributed by atoms with Crippen LogP contribution >= 0.6 is 0 Å². The number of anilines is 1. The lowest BCUT2D eigenvalue weighted by Gasteiger charge is -2.15. The molecule has 0 radical (unpaired) electrons. The fourth-order valence-corrected chi connectivity index (χ4v) is 2.47. The predicted molar refractivity (Wildman–Crippen MR) is 77.1 cm³/mol. The standard InChI is InChI=1S/C14H20N4O3/c1-10-7-18(8-11(10)14(20)21-2)9-13(19)17-16-12-5-3-4-6-15-12/h3-6,10-11H,7-9H2,1-2H3,(H,15,16)(H,17,19). The Hall–Kier alpha value is -2.15. The summed E-state index contributed by atoms with van der Waals surface area (Å²) in [4.78, 5) is 29.4. The van der Waals surface area contributed by atoms with Gasteiger partial charge in [0.05, 0.1) is 19.6 Å². The van der Waals surface area contributed by atoms with Gasteiger partial charge in [0.15, 0.2) is 0 Å². The van der Waals surface area contributed by atoms with Gasteiger partial charge in [-0.3, -0.25) is 25.3 Å². The van der Waals surface area contributed by atoms with Gasteiger partial charge in [0.25, 0.3) is 5.91 Å². The molecule has 0 saturated carbocycles. The van der Waals surface area contributed by atoms with Crippen LogP contribution in [0, 0.1) is 11.8 Å². The molecule has 2 unspecified atom stereocenters. The van der Waals surface area contributed by atoms with E-state index in [1.165, 1.54) is 7.11 Å². The molecular weight excluding hydrogens is 272 g/mol. The van der Waals surface area contributed by atoms with Crippen LogP contribution < -0.4 is 10.9 Å². The maximum absolute atomic E-state index is 11.9. The molecule has 1 aliphatic rings. The molecule has 0 spiro atoms. The van der Waals surface area contributed by atoms with E-state index >= 15 is 0 Å². The van der Waals surface area contributed by atoms with Gasteiger partial charge in [-0.2, -0.15) is 0 Å². The van der Waals surface area contributed by atoms with Gasteiger partial charge >= 0.3 is 5.97 Å². The zero-order chi connectivity index (χ0) is 15.2. The minimum atomic E-state index is -0.211. The zero-order valence-corrected chi connectivity index (χ0v) is 12.2. The second-order valence-corrected chi connectivity index (χ2v) is 5.19. The second kappa shape index (κ2) is 7.03. The minimum Gasteiger partial charge on any atom is -0.469 e. The molecule has 0 bridgehead atoms. The zero-order valence-electron chi connectivity index (χ0n) is 12.2. The minimum absolute atomic E-state index is 0.161. The summed E-state index contributed by atoms with van der Waals surface area (Å²) in [5.41, 5.74) is 5.34. The molecule has 7 nitrogen and oxygen atoms in total. The van der Waals surface area contributed by atoms with E-state index in [9.17, 15) is 9.59 Å². The Morgan fingerprint density at radius 1 is 1.43 bits per heavy atom. The van der Waals surface area contributed by atoms with Gasteiger partial charge in [-0.25, -0.2) is 4.98 Å². The number of esters is 1. The Morgan fingerprint density at radius 3 is 2.90 bits per heavy atom. The molecular formula is C14H20N4O3. The number of nitrogens with zero attached hydrogens (tertiary/aromatic N) is 2. The smallest absolute Gasteiger partial charge is 0.310 e. The summed E-state index contributed by atoms with van der Waals surface area (Å²) in [6, 6.07) is 5.38. The lowest BCUT2D eigenvalue weighted by Crippen LogP contribution is -2.39. The number of hydrazine groups is 1. The van der Waals surface area contributed by atoms with Crippen molar-refractivity contribution in [3.63, 3.8) is 0 Å². The molecule has 2 rings (SSSR count). The molecule has 1 aliphatic heterocycles. The van der Waals surface area contributed by atoms with E-state index in [1.54, 1.807) is 18.3 Å². The summed E-state index contributed by atoms with van der Waals surface area (Å²) in [7, 11) is 1.39. The van der Waals surface area contributed by atoms with Gasteiger partial charge in [-0.15, -0.1) is 0 Å². The number of carbonyl (C=O) groups is 2. The van der Waals surface area contributed by atoms with Crippen molar-refractivity contribution in [1.82, 2.24) is 15.3 Å². The van der Waals surface area contributed by atoms with Gasteiger partial charge in [0, 0.05) is 19.3 Å². The first-order valence-electron chi connectivity index (χ1n) is 6.86. The van der Waals surface area contributed by atoms with E-state index in [-0.39, 0.29) is 30.3 Å². The first-order valence-corrected chi connectivity index (χ1v) is 6.86. The molecule has 2 heterocycles. The fraction of sp³-hybridized carbons (Fsp3) is 0.500. The van der Waals surface area contributed by atoms with E-state index < -0.39 is 0 Å². The Bertz CT molecular complexity index is 494. The van der Waals surface area contributed by atoms with E-state index in [0.29, 0.717) is 18.9 Å². The molecule has 114 valence electrons. The number of nitrogens with one attached hydrogen (secondary N) is 2. The van der Waals surface area contributed by atoms with Gasteiger partial charge in [-0.05, 0) is 18.1 Å². The van der Waals surface area contributed by atoms with Crippen LogP contribution in [0.3, 0.4) is 0 Å². The third kappa shape index (κ3) is 4.16. The van der Waals surface area contributed by atoms with E-state index in [2.05, 4.69) is 15.8 Å². The molecule has 0 aromatic carbocycles. The van der Waals surface area contributed by atoms with E-state index in [4.69, 9.17) is 4.74 Å². The van der Waals surface area contributed by atoms with Crippen LogP contribution in [-0.2, 0) is 14.3 Å². The Balaban J connectivity index is 1.77. The highest BCUT2D eigenvalue weighted by atomic mass is 16.5. The Morgan fingerprint density at radius 2 is 2.24 bits per heavy atom. The number of carbonyl (C=O) groups excluding carboxylic acids is 2. The van der Waals surface area contributed by atoms with E-state index in [1.807, 2.05) is 17.9 Å². The quantitative estimate of drug-likeness (QED) is 0.598. The largest absolute Gasteiger partial charge is 0.469 e. The number of likely N-dealkylation sites (tertiary alicyclic amines) is 1. The van der Waals surface area contributed by atoms with Crippen LogP contribution in [0.4, 0.5) is 5.82 Å². The van der Waals surface area contributed by atoms with Crippen LogP contribution in [0.1, 0.15) is 6.92 Å². The Labute approximate surface area is 123 Å². The maximum Gasteiger partial charge on any atom is 0.310 e. The van der Waals surface area contributed by atoms with Crippen molar-refractivity contribution in [1.29, 1.82) is 0 Å². The summed E-state index contributed by atoms with van der Waals surface area (Å²) < 4.78 is 4.78. The van der Waals surface area contributed by atoms with Crippen molar-refractivity contribution < 1.29 is 14.3 Å². The number of aromatic nitrogens is 1. The fourth-order valence-electron chi connectivity index (χ4n) is 2.47. The third-order valence-electron chi connectivity index (χ3n) is 3.55. The number of amides is 1. The molecule has 1 aromatic heterocycles. The highest BCUT2D eigenvalue weighted by molar-refractivity contribution is 5.79. The van der Waals surface area contributed by atoms with Gasteiger partial charge in [0.1, 0.15) is 5.82 Å². The highest BCUT2D eigenvalue weighted by Crippen LogP contribution is 2.23. The molecule has 0 aliphatic carbocycles. The van der Waals surface area contributed by atoms with Crippen molar-refractivity contribution in [2.24, 2.45) is 11.8 Å². The number of methoxy groups -OCH3 is 1. The number of hydrogen-bond donors (Lipinski definition) is 2. The number of hydrogen-bond acceptors (Lipinski definition) is 6. The molecule has 7 heteroatoms. The van der Waals surface area contributed by atoms with Crippen LogP contribution in [-0.4, -0.2) is 48.5 Å². The monoisotopic (exact) mass is 292 g/mol. The molecule has 1 saturated heterocycles. The lowest BCUT2D eigenvalue weighted by atomic mass is 9.99. The molecule has 2 atom stereocenters. The molecule has 2 N–H and O–H groups in total. The average Bonchev–Trinajstić information content (AvgIpc) is 2.86. The molecule has 21 heavy (non-hydrogen) atoms. The topological polar surface area (TPSA) is 83.6 Å². The summed E-state index contributed by atoms with van der Waals surface area (Å²) in [6.07, 6.45) is 1.64. The SMILES string of the molecule is COC(=O)C1CN(CC(=O)NNc2ccccn2)CC1C. The normalized spacial score (nSPS) is 21.8. The number of ether oxygens (including phenoxy) is 1. The summed E-state index contributed by atoms with van der Waals surface area (Å²) in [5, 5.41) is 0. The predicted octanol–water partition coefficient (Wildman–Crippen LogP) is 0.266. The number of pyridine rings is 1. The first-order chi connectivity index (χ1) is 10.1. The van der Waals surface area contributed by atoms with Crippen LogP contribution in [0.25, 0.3) is 0 Å². The van der Waals surface area contributed by atoms with Gasteiger partial charge in [-0.1, -0.05) is 13.0 Å². The van der Waals surface area contributed by atoms with Crippen LogP contribution in [0.15, 0.2) is 24.4 Å².